The number of rotatable bonds is 3. The number of allylic oxidation sites excluding steroid dienone is 1. The molecule has 19 heavy (non-hydrogen) atoms. The number of carbonyl (C=O) groups is 2. The minimum Gasteiger partial charge on any atom is -0.481 e. The highest BCUT2D eigenvalue weighted by atomic mass is 35.5. The van der Waals surface area contributed by atoms with E-state index in [9.17, 15) is 22.8 Å². The molecule has 0 fully saturated rings. The molecule has 0 atom stereocenters. The second kappa shape index (κ2) is 13.8. The molecule has 0 radical (unpaired) electrons. The number of halogens is 4. The van der Waals surface area contributed by atoms with Crippen LogP contribution >= 0.6 is 11.6 Å². The van der Waals surface area contributed by atoms with Crippen molar-refractivity contribution in [2.45, 2.75) is 6.42 Å². The first-order valence-corrected chi connectivity index (χ1v) is 4.47. The highest BCUT2D eigenvalue weighted by molar-refractivity contribution is 6.28. The minimum atomic E-state index is -2.48. The zero-order valence-electron chi connectivity index (χ0n) is 9.37. The van der Waals surface area contributed by atoms with Crippen molar-refractivity contribution in [3.05, 3.63) is 36.2 Å². The van der Waals surface area contributed by atoms with Gasteiger partial charge in [0, 0.05) is 11.6 Å². The molecule has 0 unspecified atom stereocenters. The summed E-state index contributed by atoms with van der Waals surface area (Å²) in [6.45, 7) is 6.13. The lowest BCUT2D eigenvalue weighted by Gasteiger charge is -1.91. The van der Waals surface area contributed by atoms with E-state index in [1.54, 1.807) is 6.07 Å². The summed E-state index contributed by atoms with van der Waals surface area (Å²) in [5.74, 6) is -2.44. The van der Waals surface area contributed by atoms with Crippen LogP contribution in [0.15, 0.2) is 36.2 Å². The first-order valence-electron chi connectivity index (χ1n) is 4.09. The van der Waals surface area contributed by atoms with Crippen molar-refractivity contribution in [1.82, 2.24) is 0 Å². The molecule has 0 aliphatic heterocycles. The predicted octanol–water partition coefficient (Wildman–Crippen LogP) is 3.06. The molecule has 0 saturated carbocycles. The van der Waals surface area contributed by atoms with Crippen molar-refractivity contribution in [3.8, 4) is 6.07 Å². The fourth-order valence-corrected chi connectivity index (χ4v) is 0.258. The zero-order chi connectivity index (χ0) is 16.0. The van der Waals surface area contributed by atoms with E-state index in [4.69, 9.17) is 15.5 Å². The van der Waals surface area contributed by atoms with Gasteiger partial charge in [-0.2, -0.15) is 18.4 Å². The van der Waals surface area contributed by atoms with Gasteiger partial charge < -0.3 is 10.2 Å². The molecule has 5 nitrogen and oxygen atoms in total. The van der Waals surface area contributed by atoms with Gasteiger partial charge in [0.05, 0.1) is 12.5 Å². The summed E-state index contributed by atoms with van der Waals surface area (Å²) in [7, 11) is 0. The highest BCUT2D eigenvalue weighted by Crippen LogP contribution is 2.11. The Hall–Kier alpha value is -2.27. The first-order chi connectivity index (χ1) is 8.59. The number of aliphatic carboxylic acids is 2. The van der Waals surface area contributed by atoms with Gasteiger partial charge in [0.25, 0.3) is 5.29 Å². The minimum absolute atomic E-state index is 0.303. The Morgan fingerprint density at radius 3 is 1.68 bits per heavy atom. The van der Waals surface area contributed by atoms with Crippen LogP contribution in [-0.2, 0) is 9.59 Å². The van der Waals surface area contributed by atoms with Crippen LogP contribution in [0, 0.1) is 11.3 Å². The highest BCUT2D eigenvalue weighted by Gasteiger charge is 2.07. The van der Waals surface area contributed by atoms with Crippen molar-refractivity contribution in [2.75, 3.05) is 0 Å². The van der Waals surface area contributed by atoms with Gasteiger partial charge in [-0.1, -0.05) is 13.2 Å². The van der Waals surface area contributed by atoms with E-state index in [0.29, 0.717) is 0 Å². The van der Waals surface area contributed by atoms with E-state index < -0.39 is 29.7 Å². The average Bonchev–Trinajstić information content (AvgIpc) is 2.29. The van der Waals surface area contributed by atoms with E-state index in [-0.39, 0.29) is 5.57 Å². The van der Waals surface area contributed by atoms with Crippen molar-refractivity contribution in [1.29, 1.82) is 5.26 Å². The van der Waals surface area contributed by atoms with Crippen molar-refractivity contribution in [2.24, 2.45) is 0 Å². The fraction of sp³-hybridized carbons (Fsp3) is 0.100. The molecule has 0 aliphatic carbocycles. The summed E-state index contributed by atoms with van der Waals surface area (Å²) in [6, 6.07) is 1.69. The summed E-state index contributed by atoms with van der Waals surface area (Å²) < 4.78 is 31.8. The third-order valence-corrected chi connectivity index (χ3v) is 1.04. The van der Waals surface area contributed by atoms with Crippen molar-refractivity contribution < 1.29 is 33.0 Å². The third-order valence-electron chi connectivity index (χ3n) is 0.901. The van der Waals surface area contributed by atoms with Gasteiger partial charge in [-0.25, -0.2) is 4.79 Å². The molecule has 0 aromatic carbocycles. The molecular formula is C10H9ClF3NO4. The van der Waals surface area contributed by atoms with Crippen molar-refractivity contribution in [3.63, 3.8) is 0 Å². The Bertz CT molecular complexity index is 397. The second-order valence-electron chi connectivity index (χ2n) is 2.33. The van der Waals surface area contributed by atoms with Gasteiger partial charge in [-0.3, -0.25) is 4.79 Å². The molecule has 0 amide bonds. The molecule has 0 aromatic heterocycles. The molecular weight excluding hydrogens is 291 g/mol. The van der Waals surface area contributed by atoms with Crippen LogP contribution in [-0.4, -0.2) is 22.2 Å². The van der Waals surface area contributed by atoms with E-state index in [0.717, 1.165) is 0 Å². The summed E-state index contributed by atoms with van der Waals surface area (Å²) >= 11 is 4.08. The molecule has 2 N–H and O–H groups in total. The Labute approximate surface area is 111 Å². The molecule has 106 valence electrons. The SMILES string of the molecule is C=C(CC(=O)O)C(=O)O.C=CC#N.FC(F)=C(F)Cl. The Morgan fingerprint density at radius 1 is 1.32 bits per heavy atom. The third kappa shape index (κ3) is 25.8. The summed E-state index contributed by atoms with van der Waals surface area (Å²) in [4.78, 5) is 19.7. The summed E-state index contributed by atoms with van der Waals surface area (Å²) in [5.41, 5.74) is -0.303. The number of carboxylic acid groups (broad SMARTS) is 2. The number of nitriles is 1. The number of hydrogen-bond acceptors (Lipinski definition) is 3. The van der Waals surface area contributed by atoms with E-state index in [1.165, 1.54) is 6.08 Å². The molecule has 0 rings (SSSR count). The largest absolute Gasteiger partial charge is 0.481 e. The maximum Gasteiger partial charge on any atom is 0.331 e. The summed E-state index contributed by atoms with van der Waals surface area (Å²) in [5, 5.41) is 21.6. The molecule has 0 bridgehead atoms. The van der Waals surface area contributed by atoms with Gasteiger partial charge >= 0.3 is 18.0 Å². The van der Waals surface area contributed by atoms with Gasteiger partial charge in [0.1, 0.15) is 0 Å². The number of carboxylic acids is 2. The van der Waals surface area contributed by atoms with Gasteiger partial charge in [-0.15, -0.1) is 0 Å². The van der Waals surface area contributed by atoms with Crippen LogP contribution in [0.4, 0.5) is 13.2 Å². The predicted molar refractivity (Wildman–Crippen MR) is 61.0 cm³/mol. The molecule has 0 spiro atoms. The zero-order valence-corrected chi connectivity index (χ0v) is 10.1. The monoisotopic (exact) mass is 299 g/mol. The van der Waals surface area contributed by atoms with E-state index in [2.05, 4.69) is 24.8 Å². The first kappa shape index (κ1) is 22.0. The van der Waals surface area contributed by atoms with Gasteiger partial charge in [0.15, 0.2) is 0 Å². The van der Waals surface area contributed by atoms with Crippen LogP contribution in [0.2, 0.25) is 0 Å². The molecule has 0 aliphatic rings. The van der Waals surface area contributed by atoms with Crippen LogP contribution in [0.5, 0.6) is 0 Å². The lowest BCUT2D eigenvalue weighted by atomic mass is 10.2. The van der Waals surface area contributed by atoms with Crippen LogP contribution in [0.25, 0.3) is 0 Å². The second-order valence-corrected chi connectivity index (χ2v) is 2.67. The van der Waals surface area contributed by atoms with Gasteiger partial charge in [-0.05, 0) is 11.6 Å². The number of nitrogens with zero attached hydrogens (tertiary/aromatic N) is 1. The molecule has 0 saturated heterocycles. The van der Waals surface area contributed by atoms with Gasteiger partial charge in [0.2, 0.25) is 0 Å². The fourth-order valence-electron chi connectivity index (χ4n) is 0.258. The standard InChI is InChI=1S/C5H6O4.C3H3N.C2ClF3/c1-3(5(8)9)2-4(6)7;1-2-3-4;3-1(4)2(5)6/h1-2H2,(H,6,7)(H,8,9);2H,1H2;. The maximum atomic E-state index is 10.7. The number of hydrogen-bond donors (Lipinski definition) is 2. The normalized spacial score (nSPS) is 7.32. The van der Waals surface area contributed by atoms with Crippen LogP contribution < -0.4 is 0 Å². The Morgan fingerprint density at radius 2 is 1.63 bits per heavy atom. The smallest absolute Gasteiger partial charge is 0.331 e. The molecule has 0 aromatic rings. The van der Waals surface area contributed by atoms with E-state index >= 15 is 0 Å². The molecule has 0 heterocycles. The molecule has 9 heteroatoms. The van der Waals surface area contributed by atoms with E-state index in [1.807, 2.05) is 0 Å². The van der Waals surface area contributed by atoms with Crippen molar-refractivity contribution >= 4 is 23.5 Å². The van der Waals surface area contributed by atoms with Crippen LogP contribution in [0.3, 0.4) is 0 Å². The lowest BCUT2D eigenvalue weighted by Crippen LogP contribution is -2.04. The maximum absolute atomic E-state index is 10.7. The quantitative estimate of drug-likeness (QED) is 0.616. The topological polar surface area (TPSA) is 98.4 Å². The van der Waals surface area contributed by atoms with Crippen LogP contribution in [0.1, 0.15) is 6.42 Å². The summed E-state index contributed by atoms with van der Waals surface area (Å²) in [6.07, 6.45) is -1.80. The average molecular weight is 300 g/mol. The Kier molecular flexibility index (Phi) is 15.9. The lowest BCUT2D eigenvalue weighted by molar-refractivity contribution is -0.139. The Balaban J connectivity index is -0.000000222.